The summed E-state index contributed by atoms with van der Waals surface area (Å²) in [6.45, 7) is -0.00667. The Labute approximate surface area is 162 Å². The third-order valence-corrected chi connectivity index (χ3v) is 3.96. The molecule has 0 radical (unpaired) electrons. The van der Waals surface area contributed by atoms with Crippen molar-refractivity contribution in [1.82, 2.24) is 25.6 Å². The number of benzene rings is 2. The van der Waals surface area contributed by atoms with E-state index >= 15 is 0 Å². The predicted octanol–water partition coefficient (Wildman–Crippen LogP) is 1.13. The van der Waals surface area contributed by atoms with Gasteiger partial charge in [-0.15, -0.1) is 5.10 Å². The van der Waals surface area contributed by atoms with Crippen LogP contribution in [0.4, 0.5) is 5.69 Å². The summed E-state index contributed by atoms with van der Waals surface area (Å²) in [4.78, 5) is 22.3. The van der Waals surface area contributed by atoms with Crippen LogP contribution in [0.3, 0.4) is 0 Å². The van der Waals surface area contributed by atoms with E-state index in [-0.39, 0.29) is 19.0 Å². The zero-order valence-electron chi connectivity index (χ0n) is 14.8. The van der Waals surface area contributed by atoms with Gasteiger partial charge in [-0.3, -0.25) is 14.9 Å². The van der Waals surface area contributed by atoms with Crippen LogP contribution in [0.25, 0.3) is 11.4 Å². The van der Waals surface area contributed by atoms with Gasteiger partial charge in [0.1, 0.15) is 6.54 Å². The zero-order chi connectivity index (χ0) is 20.2. The van der Waals surface area contributed by atoms with Crippen molar-refractivity contribution in [2.24, 2.45) is 5.10 Å². The molecule has 4 rings (SSSR count). The van der Waals surface area contributed by atoms with Gasteiger partial charge in [0.05, 0.1) is 11.1 Å². The first kappa shape index (κ1) is 18.0. The van der Waals surface area contributed by atoms with E-state index < -0.39 is 10.8 Å². The minimum Gasteiger partial charge on any atom is -0.454 e. The van der Waals surface area contributed by atoms with Crippen LogP contribution in [0.15, 0.2) is 47.6 Å². The molecule has 3 aromatic rings. The average Bonchev–Trinajstić information content (AvgIpc) is 3.37. The van der Waals surface area contributed by atoms with Crippen molar-refractivity contribution in [2.75, 3.05) is 6.79 Å². The molecule has 0 bridgehead atoms. The fraction of sp³-hybridized carbons (Fsp3) is 0.118. The van der Waals surface area contributed by atoms with Crippen LogP contribution in [-0.2, 0) is 11.3 Å². The fourth-order valence-electron chi connectivity index (χ4n) is 2.59. The zero-order valence-corrected chi connectivity index (χ0v) is 14.8. The first-order valence-electron chi connectivity index (χ1n) is 8.33. The van der Waals surface area contributed by atoms with Gasteiger partial charge >= 0.3 is 0 Å². The molecule has 0 aliphatic carbocycles. The minimum absolute atomic E-state index is 0.0269. The molecule has 0 saturated heterocycles. The lowest BCUT2D eigenvalue weighted by Gasteiger charge is -2.04. The number of carbonyl (C=O) groups excluding carboxylic acids is 1. The molecule has 0 atom stereocenters. The van der Waals surface area contributed by atoms with Crippen molar-refractivity contribution >= 4 is 17.8 Å². The van der Waals surface area contributed by atoms with E-state index in [9.17, 15) is 14.9 Å². The summed E-state index contributed by atoms with van der Waals surface area (Å²) in [5, 5.41) is 25.9. The molecule has 29 heavy (non-hydrogen) atoms. The highest BCUT2D eigenvalue weighted by Gasteiger charge is 2.18. The maximum absolute atomic E-state index is 12.1. The van der Waals surface area contributed by atoms with E-state index in [4.69, 9.17) is 9.47 Å². The summed E-state index contributed by atoms with van der Waals surface area (Å²) < 4.78 is 11.9. The maximum Gasteiger partial charge on any atom is 0.269 e. The summed E-state index contributed by atoms with van der Waals surface area (Å²) in [6, 6.07) is 11.0. The number of nitrogens with zero attached hydrogens (tertiary/aromatic N) is 6. The van der Waals surface area contributed by atoms with E-state index in [1.54, 1.807) is 18.2 Å². The Kier molecular flexibility index (Phi) is 4.80. The lowest BCUT2D eigenvalue weighted by molar-refractivity contribution is -0.384. The number of fused-ring (bicyclic) bond motifs is 1. The molecule has 0 saturated carbocycles. The molecular formula is C17H13N7O5. The summed E-state index contributed by atoms with van der Waals surface area (Å²) in [5.41, 5.74) is 3.60. The molecule has 12 nitrogen and oxygen atoms in total. The van der Waals surface area contributed by atoms with Gasteiger partial charge in [0.2, 0.25) is 6.79 Å². The molecule has 1 amide bonds. The van der Waals surface area contributed by atoms with Gasteiger partial charge in [-0.2, -0.15) is 5.10 Å². The largest absolute Gasteiger partial charge is 0.454 e. The van der Waals surface area contributed by atoms with Crippen LogP contribution >= 0.6 is 0 Å². The molecule has 1 aliphatic heterocycles. The van der Waals surface area contributed by atoms with E-state index in [2.05, 4.69) is 26.1 Å². The summed E-state index contributed by atoms with van der Waals surface area (Å²) >= 11 is 0. The van der Waals surface area contributed by atoms with Crippen molar-refractivity contribution in [3.63, 3.8) is 0 Å². The van der Waals surface area contributed by atoms with Crippen molar-refractivity contribution in [2.45, 2.75) is 6.54 Å². The van der Waals surface area contributed by atoms with Gasteiger partial charge in [0, 0.05) is 17.7 Å². The van der Waals surface area contributed by atoms with Gasteiger partial charge in [0.25, 0.3) is 11.6 Å². The minimum atomic E-state index is -0.493. The maximum atomic E-state index is 12.1. The highest BCUT2D eigenvalue weighted by atomic mass is 16.7. The Hall–Kier alpha value is -4.35. The molecule has 1 aromatic heterocycles. The number of nitro groups is 1. The SMILES string of the molecule is O=C(Cn1nnnc1-c1ccc2c(c1)OCO2)N/N=C/c1ccc([N+](=O)[O-])cc1. The Morgan fingerprint density at radius 3 is 2.83 bits per heavy atom. The molecule has 0 fully saturated rings. The average molecular weight is 395 g/mol. The number of nitrogens with one attached hydrogen (secondary N) is 1. The molecule has 12 heteroatoms. The van der Waals surface area contributed by atoms with Crippen LogP contribution in [-0.4, -0.2) is 44.0 Å². The number of ether oxygens (including phenoxy) is 2. The van der Waals surface area contributed by atoms with Crippen LogP contribution in [0.5, 0.6) is 11.5 Å². The number of carbonyl (C=O) groups is 1. The Balaban J connectivity index is 1.39. The Morgan fingerprint density at radius 1 is 1.24 bits per heavy atom. The molecule has 0 spiro atoms. The molecule has 2 aromatic carbocycles. The van der Waals surface area contributed by atoms with Crippen LogP contribution in [0.1, 0.15) is 5.56 Å². The predicted molar refractivity (Wildman–Crippen MR) is 98.2 cm³/mol. The van der Waals surface area contributed by atoms with Gasteiger partial charge in [0.15, 0.2) is 17.3 Å². The smallest absolute Gasteiger partial charge is 0.269 e. The van der Waals surface area contributed by atoms with Gasteiger partial charge in [-0.1, -0.05) is 0 Å². The van der Waals surface area contributed by atoms with Crippen LogP contribution in [0, 0.1) is 10.1 Å². The Morgan fingerprint density at radius 2 is 2.03 bits per heavy atom. The highest BCUT2D eigenvalue weighted by Crippen LogP contribution is 2.35. The van der Waals surface area contributed by atoms with Crippen molar-refractivity contribution in [3.05, 3.63) is 58.1 Å². The third kappa shape index (κ3) is 4.00. The van der Waals surface area contributed by atoms with Crippen molar-refractivity contribution in [1.29, 1.82) is 0 Å². The number of tetrazole rings is 1. The van der Waals surface area contributed by atoms with E-state index in [0.29, 0.717) is 28.5 Å². The Bertz CT molecular complexity index is 1090. The second-order valence-electron chi connectivity index (χ2n) is 5.87. The number of non-ortho nitro benzene ring substituents is 1. The number of hydrogen-bond acceptors (Lipinski definition) is 9. The third-order valence-electron chi connectivity index (χ3n) is 3.96. The van der Waals surface area contributed by atoms with Gasteiger partial charge in [-0.05, 0) is 46.3 Å². The van der Waals surface area contributed by atoms with Crippen molar-refractivity contribution < 1.29 is 19.2 Å². The molecular weight excluding hydrogens is 382 g/mol. The second kappa shape index (κ2) is 7.72. The molecule has 0 unspecified atom stereocenters. The number of rotatable bonds is 6. The number of hydrazone groups is 1. The van der Waals surface area contributed by atoms with E-state index in [1.807, 2.05) is 0 Å². The van der Waals surface area contributed by atoms with Crippen molar-refractivity contribution in [3.8, 4) is 22.9 Å². The normalized spacial score (nSPS) is 12.3. The van der Waals surface area contributed by atoms with Gasteiger partial charge in [-0.25, -0.2) is 10.1 Å². The quantitative estimate of drug-likeness (QED) is 0.371. The van der Waals surface area contributed by atoms with E-state index in [1.165, 1.54) is 35.2 Å². The molecule has 1 N–H and O–H groups in total. The van der Waals surface area contributed by atoms with Gasteiger partial charge < -0.3 is 9.47 Å². The monoisotopic (exact) mass is 395 g/mol. The summed E-state index contributed by atoms with van der Waals surface area (Å²) in [5.74, 6) is 1.15. The lowest BCUT2D eigenvalue weighted by atomic mass is 10.2. The topological polar surface area (TPSA) is 147 Å². The summed E-state index contributed by atoms with van der Waals surface area (Å²) in [7, 11) is 0. The second-order valence-corrected chi connectivity index (χ2v) is 5.87. The standard InChI is InChI=1S/C17H13N7O5/c25-16(19-18-8-11-1-4-13(5-2-11)24(26)27)9-23-17(20-21-22-23)12-3-6-14-15(7-12)29-10-28-14/h1-8H,9-10H2,(H,19,25)/b18-8+. The molecule has 146 valence electrons. The van der Waals surface area contributed by atoms with Crippen LogP contribution < -0.4 is 14.9 Å². The number of hydrogen-bond donors (Lipinski definition) is 1. The van der Waals surface area contributed by atoms with Crippen LogP contribution in [0.2, 0.25) is 0 Å². The first-order valence-corrected chi connectivity index (χ1v) is 8.33. The number of aromatic nitrogens is 4. The summed E-state index contributed by atoms with van der Waals surface area (Å²) in [6.07, 6.45) is 1.37. The fourth-order valence-corrected chi connectivity index (χ4v) is 2.59. The number of nitro benzene ring substituents is 1. The molecule has 1 aliphatic rings. The first-order chi connectivity index (χ1) is 14.1. The highest BCUT2D eigenvalue weighted by molar-refractivity contribution is 5.82. The lowest BCUT2D eigenvalue weighted by Crippen LogP contribution is -2.24. The van der Waals surface area contributed by atoms with E-state index in [0.717, 1.165) is 0 Å². The molecule has 2 heterocycles. The number of amides is 1.